The van der Waals surface area contributed by atoms with Gasteiger partial charge in [-0.3, -0.25) is 0 Å². The van der Waals surface area contributed by atoms with Crippen LogP contribution in [0.3, 0.4) is 0 Å². The van der Waals surface area contributed by atoms with Crippen LogP contribution in [0, 0.1) is 17.3 Å². The van der Waals surface area contributed by atoms with Crippen molar-refractivity contribution in [3.05, 3.63) is 29.8 Å². The molecule has 1 N–H and O–H groups in total. The van der Waals surface area contributed by atoms with Gasteiger partial charge < -0.3 is 10.2 Å². The molecule has 1 aromatic carbocycles. The van der Waals surface area contributed by atoms with Crippen molar-refractivity contribution >= 4 is 5.69 Å². The normalized spacial score (nSPS) is 49.8. The Kier molecular flexibility index (Phi) is 2.58. The van der Waals surface area contributed by atoms with E-state index in [1.807, 2.05) is 0 Å². The Hall–Kier alpha value is -1.02. The molecule has 2 bridgehead atoms. The zero-order valence-corrected chi connectivity index (χ0v) is 15.0. The van der Waals surface area contributed by atoms with E-state index in [-0.39, 0.29) is 5.54 Å². The number of fused-ring (bicyclic) bond motifs is 3. The van der Waals surface area contributed by atoms with Gasteiger partial charge in [0.1, 0.15) is 0 Å². The van der Waals surface area contributed by atoms with Crippen LogP contribution in [-0.4, -0.2) is 30.1 Å². The van der Waals surface area contributed by atoms with Crippen LogP contribution in [0.5, 0.6) is 0 Å². The van der Waals surface area contributed by atoms with Gasteiger partial charge in [-0.1, -0.05) is 45.4 Å². The SMILES string of the molecule is CCC[C@]12C[C@@H](C)[C@]3(Nc4ccccc4[C@]34CCN(C)[C@@H]14)C2C. The van der Waals surface area contributed by atoms with E-state index >= 15 is 0 Å². The van der Waals surface area contributed by atoms with Crippen LogP contribution >= 0.6 is 0 Å². The third-order valence-electron chi connectivity index (χ3n) is 8.52. The van der Waals surface area contributed by atoms with Crippen molar-refractivity contribution in [1.82, 2.24) is 4.90 Å². The van der Waals surface area contributed by atoms with Gasteiger partial charge in [0.25, 0.3) is 0 Å². The second-order valence-corrected chi connectivity index (χ2v) is 8.95. The maximum atomic E-state index is 4.14. The zero-order chi connectivity index (χ0) is 16.0. The summed E-state index contributed by atoms with van der Waals surface area (Å²) >= 11 is 0. The molecule has 2 aliphatic heterocycles. The molecule has 2 spiro atoms. The fourth-order valence-corrected chi connectivity index (χ4v) is 8.29. The Morgan fingerprint density at radius 3 is 2.83 bits per heavy atom. The lowest BCUT2D eigenvalue weighted by molar-refractivity contribution is 0.0574. The standard InChI is InChI=1S/C21H30N2/c1-5-10-19-13-14(2)21(15(19)3)20(11-12-23(4)18(19)20)16-8-6-7-9-17(16)22-21/h6-9,14-15,18,22H,5,10-13H2,1-4H3/t14-,15?,18+,19-,20+,21+/m1/s1. The molecule has 0 radical (unpaired) electrons. The van der Waals surface area contributed by atoms with Gasteiger partial charge >= 0.3 is 0 Å². The van der Waals surface area contributed by atoms with Crippen molar-refractivity contribution in [3.63, 3.8) is 0 Å². The number of para-hydroxylation sites is 1. The number of benzene rings is 1. The largest absolute Gasteiger partial charge is 0.378 e. The van der Waals surface area contributed by atoms with Gasteiger partial charge in [-0.2, -0.15) is 0 Å². The molecular formula is C21H30N2. The van der Waals surface area contributed by atoms with Gasteiger partial charge in [0.2, 0.25) is 0 Å². The molecule has 0 amide bonds. The highest BCUT2D eigenvalue weighted by atomic mass is 15.3. The Bertz CT molecular complexity index is 670. The molecule has 23 heavy (non-hydrogen) atoms. The van der Waals surface area contributed by atoms with E-state index in [1.54, 1.807) is 5.56 Å². The average Bonchev–Trinajstić information content (AvgIpc) is 3.15. The van der Waals surface area contributed by atoms with Crippen LogP contribution in [0.25, 0.3) is 0 Å². The summed E-state index contributed by atoms with van der Waals surface area (Å²) in [6.07, 6.45) is 5.44. The van der Waals surface area contributed by atoms with Crippen molar-refractivity contribution < 1.29 is 0 Å². The van der Waals surface area contributed by atoms with Crippen molar-refractivity contribution in [2.75, 3.05) is 18.9 Å². The van der Waals surface area contributed by atoms with E-state index in [2.05, 4.69) is 62.3 Å². The van der Waals surface area contributed by atoms with Crippen molar-refractivity contribution in [2.45, 2.75) is 63.5 Å². The Morgan fingerprint density at radius 1 is 1.26 bits per heavy atom. The minimum atomic E-state index is 0.279. The molecule has 1 saturated heterocycles. The molecule has 2 saturated carbocycles. The Morgan fingerprint density at radius 2 is 2.04 bits per heavy atom. The first-order valence-electron chi connectivity index (χ1n) is 9.62. The molecule has 2 heteroatoms. The number of hydrogen-bond acceptors (Lipinski definition) is 2. The van der Waals surface area contributed by atoms with E-state index in [9.17, 15) is 0 Å². The minimum Gasteiger partial charge on any atom is -0.378 e. The van der Waals surface area contributed by atoms with E-state index in [0.29, 0.717) is 10.8 Å². The molecule has 5 rings (SSSR count). The summed E-state index contributed by atoms with van der Waals surface area (Å²) in [5.41, 5.74) is 4.18. The van der Waals surface area contributed by atoms with Gasteiger partial charge in [0.05, 0.1) is 5.54 Å². The van der Waals surface area contributed by atoms with Gasteiger partial charge in [0, 0.05) is 17.1 Å². The number of hydrogen-bond donors (Lipinski definition) is 1. The number of nitrogens with one attached hydrogen (secondary N) is 1. The predicted molar refractivity (Wildman–Crippen MR) is 95.8 cm³/mol. The zero-order valence-electron chi connectivity index (χ0n) is 15.0. The summed E-state index contributed by atoms with van der Waals surface area (Å²) in [7, 11) is 2.39. The van der Waals surface area contributed by atoms with E-state index in [4.69, 9.17) is 0 Å². The van der Waals surface area contributed by atoms with Crippen LogP contribution in [0.4, 0.5) is 5.69 Å². The van der Waals surface area contributed by atoms with Gasteiger partial charge in [0.15, 0.2) is 0 Å². The quantitative estimate of drug-likeness (QED) is 0.877. The maximum Gasteiger partial charge on any atom is 0.0543 e. The number of rotatable bonds is 2. The van der Waals surface area contributed by atoms with Crippen molar-refractivity contribution in [3.8, 4) is 0 Å². The molecule has 6 atom stereocenters. The maximum absolute atomic E-state index is 4.14. The number of likely N-dealkylation sites (tertiary alicyclic amines) is 1. The third kappa shape index (κ3) is 1.21. The van der Waals surface area contributed by atoms with Crippen LogP contribution < -0.4 is 5.32 Å². The van der Waals surface area contributed by atoms with Crippen LogP contribution in [0.2, 0.25) is 0 Å². The van der Waals surface area contributed by atoms with E-state index < -0.39 is 0 Å². The van der Waals surface area contributed by atoms with Gasteiger partial charge in [-0.15, -0.1) is 0 Å². The molecule has 1 unspecified atom stereocenters. The van der Waals surface area contributed by atoms with Crippen LogP contribution in [0.1, 0.15) is 52.0 Å². The molecule has 2 heterocycles. The van der Waals surface area contributed by atoms with Gasteiger partial charge in [-0.05, 0) is 61.7 Å². The monoisotopic (exact) mass is 310 g/mol. The predicted octanol–water partition coefficient (Wildman–Crippen LogP) is 4.27. The first kappa shape index (κ1) is 14.3. The van der Waals surface area contributed by atoms with Crippen LogP contribution in [0.15, 0.2) is 24.3 Å². The Balaban J connectivity index is 1.82. The lowest BCUT2D eigenvalue weighted by atomic mass is 9.57. The summed E-state index contributed by atoms with van der Waals surface area (Å²) in [4.78, 5) is 2.73. The molecule has 3 fully saturated rings. The fraction of sp³-hybridized carbons (Fsp3) is 0.714. The first-order chi connectivity index (χ1) is 11.0. The fourth-order valence-electron chi connectivity index (χ4n) is 8.29. The molecular weight excluding hydrogens is 280 g/mol. The summed E-state index contributed by atoms with van der Waals surface area (Å²) in [5.74, 6) is 1.52. The van der Waals surface area contributed by atoms with Crippen molar-refractivity contribution in [2.24, 2.45) is 17.3 Å². The highest BCUT2D eigenvalue weighted by Gasteiger charge is 2.83. The highest BCUT2D eigenvalue weighted by molar-refractivity contribution is 5.70. The molecule has 0 aromatic heterocycles. The highest BCUT2D eigenvalue weighted by Crippen LogP contribution is 2.78. The summed E-state index contributed by atoms with van der Waals surface area (Å²) in [6.45, 7) is 8.75. The third-order valence-corrected chi connectivity index (χ3v) is 8.52. The molecule has 2 aliphatic carbocycles. The first-order valence-corrected chi connectivity index (χ1v) is 9.62. The molecule has 124 valence electrons. The lowest BCUT2D eigenvalue weighted by Gasteiger charge is -2.50. The second-order valence-electron chi connectivity index (χ2n) is 8.95. The van der Waals surface area contributed by atoms with Gasteiger partial charge in [-0.25, -0.2) is 0 Å². The number of anilines is 1. The minimum absolute atomic E-state index is 0.279. The molecule has 4 aliphatic rings. The molecule has 2 nitrogen and oxygen atoms in total. The van der Waals surface area contributed by atoms with E-state index in [1.165, 1.54) is 37.9 Å². The average molecular weight is 310 g/mol. The van der Waals surface area contributed by atoms with E-state index in [0.717, 1.165) is 17.9 Å². The summed E-state index contributed by atoms with van der Waals surface area (Å²) in [5, 5.41) is 4.14. The Labute approximate surface area is 140 Å². The topological polar surface area (TPSA) is 15.3 Å². The second kappa shape index (κ2) is 4.14. The number of nitrogens with zero attached hydrogens (tertiary/aromatic N) is 1. The summed E-state index contributed by atoms with van der Waals surface area (Å²) < 4.78 is 0. The van der Waals surface area contributed by atoms with Crippen molar-refractivity contribution in [1.29, 1.82) is 0 Å². The lowest BCUT2D eigenvalue weighted by Crippen LogP contribution is -2.60. The molecule has 1 aromatic rings. The number of likely N-dealkylation sites (N-methyl/N-ethyl adjacent to an activating group) is 1. The summed E-state index contributed by atoms with van der Waals surface area (Å²) in [6, 6.07) is 9.95. The smallest absolute Gasteiger partial charge is 0.0543 e. The van der Waals surface area contributed by atoms with Crippen LogP contribution in [-0.2, 0) is 5.41 Å².